The molecule has 0 bridgehead atoms. The van der Waals surface area contributed by atoms with Gasteiger partial charge in [0.2, 0.25) is 0 Å². The van der Waals surface area contributed by atoms with Crippen molar-refractivity contribution in [3.8, 4) is 5.75 Å². The van der Waals surface area contributed by atoms with Crippen molar-refractivity contribution in [2.75, 3.05) is 11.9 Å². The number of aryl methyl sites for hydroxylation is 1. The lowest BCUT2D eigenvalue weighted by atomic mass is 10.2. The minimum atomic E-state index is -0.544. The molecule has 0 radical (unpaired) electrons. The SMILES string of the molecule is Cc1ccc(NC(=O)COc2ccccc2/C=N/NC(=O)c2ccc([N+](=O)[O-])cc2)cc1. The summed E-state index contributed by atoms with van der Waals surface area (Å²) in [4.78, 5) is 34.4. The highest BCUT2D eigenvalue weighted by Gasteiger charge is 2.09. The van der Waals surface area contributed by atoms with Crippen LogP contribution < -0.4 is 15.5 Å². The Balaban J connectivity index is 1.56. The Morgan fingerprint density at radius 3 is 2.41 bits per heavy atom. The van der Waals surface area contributed by atoms with Gasteiger partial charge >= 0.3 is 0 Å². The minimum absolute atomic E-state index is 0.109. The number of nitrogens with one attached hydrogen (secondary N) is 2. The first-order valence-corrected chi connectivity index (χ1v) is 9.58. The molecule has 0 aliphatic heterocycles. The third kappa shape index (κ3) is 6.23. The molecule has 0 unspecified atom stereocenters. The summed E-state index contributed by atoms with van der Waals surface area (Å²) in [5, 5.41) is 17.3. The molecule has 0 atom stereocenters. The number of hydrogen-bond donors (Lipinski definition) is 2. The van der Waals surface area contributed by atoms with E-state index in [9.17, 15) is 19.7 Å². The Hall–Kier alpha value is -4.53. The number of para-hydroxylation sites is 1. The van der Waals surface area contributed by atoms with Gasteiger partial charge < -0.3 is 10.1 Å². The van der Waals surface area contributed by atoms with E-state index in [1.54, 1.807) is 36.4 Å². The molecule has 0 spiro atoms. The van der Waals surface area contributed by atoms with Crippen LogP contribution in [0, 0.1) is 17.0 Å². The number of benzene rings is 3. The molecule has 3 rings (SSSR count). The van der Waals surface area contributed by atoms with Gasteiger partial charge in [-0.05, 0) is 43.3 Å². The van der Waals surface area contributed by atoms with Crippen LogP contribution >= 0.6 is 0 Å². The highest BCUT2D eigenvalue weighted by molar-refractivity contribution is 5.95. The molecule has 0 aliphatic carbocycles. The molecule has 2 amide bonds. The van der Waals surface area contributed by atoms with Crippen LogP contribution in [0.3, 0.4) is 0 Å². The Kier molecular flexibility index (Phi) is 7.26. The monoisotopic (exact) mass is 432 g/mol. The summed E-state index contributed by atoms with van der Waals surface area (Å²) >= 11 is 0. The van der Waals surface area contributed by atoms with E-state index in [4.69, 9.17) is 4.74 Å². The van der Waals surface area contributed by atoms with Gasteiger partial charge in [0.1, 0.15) is 5.75 Å². The van der Waals surface area contributed by atoms with Crippen LogP contribution in [0.5, 0.6) is 5.75 Å². The molecule has 9 nitrogen and oxygen atoms in total. The third-order valence-corrected chi connectivity index (χ3v) is 4.32. The van der Waals surface area contributed by atoms with Gasteiger partial charge in [-0.15, -0.1) is 0 Å². The minimum Gasteiger partial charge on any atom is -0.483 e. The molecule has 0 heterocycles. The maximum absolute atomic E-state index is 12.1. The first kappa shape index (κ1) is 22.2. The maximum Gasteiger partial charge on any atom is 0.271 e. The molecular formula is C23H20N4O5. The number of rotatable bonds is 8. The van der Waals surface area contributed by atoms with E-state index in [2.05, 4.69) is 15.8 Å². The number of ether oxygens (including phenoxy) is 1. The molecule has 0 saturated carbocycles. The van der Waals surface area contributed by atoms with Crippen molar-refractivity contribution >= 4 is 29.4 Å². The number of carbonyl (C=O) groups is 2. The van der Waals surface area contributed by atoms with Crippen LogP contribution in [0.25, 0.3) is 0 Å². The molecule has 0 saturated heterocycles. The fourth-order valence-corrected chi connectivity index (χ4v) is 2.66. The number of hydrazone groups is 1. The Bertz CT molecular complexity index is 1140. The Morgan fingerprint density at radius 2 is 1.72 bits per heavy atom. The van der Waals surface area contributed by atoms with Crippen LogP contribution in [0.15, 0.2) is 77.9 Å². The van der Waals surface area contributed by atoms with E-state index in [1.165, 1.54) is 30.5 Å². The van der Waals surface area contributed by atoms with Crippen molar-refractivity contribution in [3.05, 3.63) is 99.6 Å². The number of carbonyl (C=O) groups excluding carboxylic acids is 2. The van der Waals surface area contributed by atoms with E-state index in [1.807, 2.05) is 19.1 Å². The second kappa shape index (κ2) is 10.5. The van der Waals surface area contributed by atoms with E-state index >= 15 is 0 Å². The normalized spacial score (nSPS) is 10.5. The summed E-state index contributed by atoms with van der Waals surface area (Å²) in [5.41, 5.74) is 4.79. The van der Waals surface area contributed by atoms with Gasteiger partial charge in [0.15, 0.2) is 6.61 Å². The first-order valence-electron chi connectivity index (χ1n) is 9.58. The zero-order chi connectivity index (χ0) is 22.9. The molecule has 0 fully saturated rings. The fourth-order valence-electron chi connectivity index (χ4n) is 2.66. The van der Waals surface area contributed by atoms with Gasteiger partial charge in [0.05, 0.1) is 11.1 Å². The smallest absolute Gasteiger partial charge is 0.271 e. The molecule has 9 heteroatoms. The molecular weight excluding hydrogens is 412 g/mol. The molecule has 32 heavy (non-hydrogen) atoms. The zero-order valence-electron chi connectivity index (χ0n) is 17.1. The van der Waals surface area contributed by atoms with Crippen LogP contribution in [-0.4, -0.2) is 29.6 Å². The van der Waals surface area contributed by atoms with Gasteiger partial charge in [-0.1, -0.05) is 29.8 Å². The predicted molar refractivity (Wildman–Crippen MR) is 120 cm³/mol. The highest BCUT2D eigenvalue weighted by Crippen LogP contribution is 2.16. The number of nitro groups is 1. The Labute approximate surface area is 183 Å². The van der Waals surface area contributed by atoms with Crippen LogP contribution in [0.4, 0.5) is 11.4 Å². The lowest BCUT2D eigenvalue weighted by Crippen LogP contribution is -2.20. The molecule has 2 N–H and O–H groups in total. The average Bonchev–Trinajstić information content (AvgIpc) is 2.80. The van der Waals surface area contributed by atoms with Crippen molar-refractivity contribution in [1.29, 1.82) is 0 Å². The molecule has 3 aromatic carbocycles. The second-order valence-corrected chi connectivity index (χ2v) is 6.74. The maximum atomic E-state index is 12.1. The van der Waals surface area contributed by atoms with Crippen LogP contribution in [-0.2, 0) is 4.79 Å². The highest BCUT2D eigenvalue weighted by atomic mass is 16.6. The number of anilines is 1. The fraction of sp³-hybridized carbons (Fsp3) is 0.0870. The van der Waals surface area contributed by atoms with Crippen molar-refractivity contribution in [3.63, 3.8) is 0 Å². The standard InChI is InChI=1S/C23H20N4O5/c1-16-6-10-19(11-7-16)25-22(28)15-32-21-5-3-2-4-18(21)14-24-26-23(29)17-8-12-20(13-9-17)27(30)31/h2-14H,15H2,1H3,(H,25,28)(H,26,29)/b24-14+. The summed E-state index contributed by atoms with van der Waals surface area (Å²) in [7, 11) is 0. The Morgan fingerprint density at radius 1 is 1.03 bits per heavy atom. The molecule has 0 aromatic heterocycles. The van der Waals surface area contributed by atoms with Gasteiger partial charge in [-0.3, -0.25) is 19.7 Å². The zero-order valence-corrected chi connectivity index (χ0v) is 17.1. The number of non-ortho nitro benzene ring substituents is 1. The van der Waals surface area contributed by atoms with E-state index in [0.29, 0.717) is 17.0 Å². The summed E-state index contributed by atoms with van der Waals surface area (Å²) in [5.74, 6) is -0.418. The predicted octanol–water partition coefficient (Wildman–Crippen LogP) is 3.68. The summed E-state index contributed by atoms with van der Waals surface area (Å²) in [6.45, 7) is 1.76. The van der Waals surface area contributed by atoms with Gasteiger partial charge in [-0.25, -0.2) is 5.43 Å². The summed E-state index contributed by atoms with van der Waals surface area (Å²) in [6.07, 6.45) is 1.39. The van der Waals surface area contributed by atoms with Crippen molar-refractivity contribution in [2.45, 2.75) is 6.92 Å². The van der Waals surface area contributed by atoms with Crippen molar-refractivity contribution in [2.24, 2.45) is 5.10 Å². The number of amides is 2. The van der Waals surface area contributed by atoms with E-state index in [0.717, 1.165) is 5.56 Å². The van der Waals surface area contributed by atoms with Gasteiger partial charge in [-0.2, -0.15) is 5.10 Å². The van der Waals surface area contributed by atoms with Crippen LogP contribution in [0.1, 0.15) is 21.5 Å². The average molecular weight is 432 g/mol. The molecule has 162 valence electrons. The quantitative estimate of drug-likeness (QED) is 0.319. The molecule has 0 aliphatic rings. The third-order valence-electron chi connectivity index (χ3n) is 4.32. The van der Waals surface area contributed by atoms with Gasteiger partial charge in [0, 0.05) is 28.9 Å². The number of nitrogens with zero attached hydrogens (tertiary/aromatic N) is 2. The van der Waals surface area contributed by atoms with Crippen molar-refractivity contribution in [1.82, 2.24) is 5.43 Å². The second-order valence-electron chi connectivity index (χ2n) is 6.74. The number of hydrogen-bond acceptors (Lipinski definition) is 6. The summed E-state index contributed by atoms with van der Waals surface area (Å²) in [6, 6.07) is 19.5. The van der Waals surface area contributed by atoms with Crippen molar-refractivity contribution < 1.29 is 19.2 Å². The molecule has 3 aromatic rings. The largest absolute Gasteiger partial charge is 0.483 e. The van der Waals surface area contributed by atoms with E-state index in [-0.39, 0.29) is 23.8 Å². The lowest BCUT2D eigenvalue weighted by molar-refractivity contribution is -0.384. The topological polar surface area (TPSA) is 123 Å². The first-order chi connectivity index (χ1) is 15.4. The lowest BCUT2D eigenvalue weighted by Gasteiger charge is -2.09. The number of nitro benzene ring substituents is 1. The summed E-state index contributed by atoms with van der Waals surface area (Å²) < 4.78 is 5.59. The van der Waals surface area contributed by atoms with Gasteiger partial charge in [0.25, 0.3) is 17.5 Å². The van der Waals surface area contributed by atoms with E-state index < -0.39 is 10.8 Å². The van der Waals surface area contributed by atoms with Crippen LogP contribution in [0.2, 0.25) is 0 Å².